The molecule has 218 valence electrons. The Bertz CT molecular complexity index is 1050. The van der Waals surface area contributed by atoms with Gasteiger partial charge in [-0.3, -0.25) is 9.69 Å². The fourth-order valence-corrected chi connectivity index (χ4v) is 6.93. The number of amides is 2. The highest BCUT2D eigenvalue weighted by atomic mass is 16.6. The minimum absolute atomic E-state index is 0.00640. The molecule has 0 radical (unpaired) electrons. The van der Waals surface area contributed by atoms with E-state index in [0.29, 0.717) is 32.5 Å². The van der Waals surface area contributed by atoms with E-state index in [0.717, 1.165) is 31.5 Å². The van der Waals surface area contributed by atoms with Crippen molar-refractivity contribution in [3.8, 4) is 6.07 Å². The summed E-state index contributed by atoms with van der Waals surface area (Å²) in [5.74, 6) is -2.05. The van der Waals surface area contributed by atoms with Crippen molar-refractivity contribution in [1.82, 2.24) is 15.1 Å². The molecule has 0 saturated carbocycles. The van der Waals surface area contributed by atoms with Gasteiger partial charge in [0.1, 0.15) is 12.5 Å². The molecule has 2 unspecified atom stereocenters. The molecule has 4 rings (SSSR count). The second-order valence-corrected chi connectivity index (χ2v) is 12.3. The molecule has 3 heterocycles. The molecular formula is C29H43BN4O6. The molecule has 10 nitrogen and oxygen atoms in total. The summed E-state index contributed by atoms with van der Waals surface area (Å²) in [7, 11) is -1.76. The van der Waals surface area contributed by atoms with Gasteiger partial charge in [0.15, 0.2) is 0 Å². The third-order valence-electron chi connectivity index (χ3n) is 9.10. The van der Waals surface area contributed by atoms with Crippen LogP contribution in [0.2, 0.25) is 0 Å². The zero-order chi connectivity index (χ0) is 28.9. The largest absolute Gasteiger partial charge is 0.475 e. The van der Waals surface area contributed by atoms with Gasteiger partial charge in [-0.05, 0) is 63.9 Å². The summed E-state index contributed by atoms with van der Waals surface area (Å²) in [5.41, 5.74) is 0.0363. The topological polar surface area (TPSA) is 135 Å². The van der Waals surface area contributed by atoms with Crippen LogP contribution in [-0.4, -0.2) is 94.9 Å². The van der Waals surface area contributed by atoms with Crippen LogP contribution in [-0.2, 0) is 20.7 Å². The first kappa shape index (κ1) is 30.3. The summed E-state index contributed by atoms with van der Waals surface area (Å²) in [4.78, 5) is 30.9. The first-order chi connectivity index (χ1) is 19.1. The predicted octanol–water partition coefficient (Wildman–Crippen LogP) is 2.14. The van der Waals surface area contributed by atoms with Gasteiger partial charge in [-0.2, -0.15) is 5.26 Å². The van der Waals surface area contributed by atoms with Gasteiger partial charge < -0.3 is 29.7 Å². The highest BCUT2D eigenvalue weighted by molar-refractivity contribution is 6.43. The van der Waals surface area contributed by atoms with Crippen LogP contribution in [0.25, 0.3) is 0 Å². The van der Waals surface area contributed by atoms with E-state index >= 15 is 0 Å². The van der Waals surface area contributed by atoms with Crippen LogP contribution in [0.5, 0.6) is 0 Å². The summed E-state index contributed by atoms with van der Waals surface area (Å²) in [6, 6.07) is 11.6. The number of carbonyl (C=O) groups excluding carboxylic acids is 2. The highest BCUT2D eigenvalue weighted by Crippen LogP contribution is 2.48. The van der Waals surface area contributed by atoms with Gasteiger partial charge in [0.2, 0.25) is 5.91 Å². The number of nitrogens with one attached hydrogen (secondary N) is 1. The molecule has 40 heavy (non-hydrogen) atoms. The Morgan fingerprint density at radius 1 is 1.23 bits per heavy atom. The summed E-state index contributed by atoms with van der Waals surface area (Å²) in [6.07, 6.45) is 3.21. The maximum absolute atomic E-state index is 13.9. The fraction of sp³-hybridized carbons (Fsp3) is 0.690. The first-order valence-corrected chi connectivity index (χ1v) is 14.5. The Balaban J connectivity index is 1.38. The number of carbonyl (C=O) groups is 2. The maximum Gasteiger partial charge on any atom is 0.475 e. The van der Waals surface area contributed by atoms with Crippen molar-refractivity contribution in [2.45, 2.75) is 82.4 Å². The van der Waals surface area contributed by atoms with Crippen LogP contribution in [0.4, 0.5) is 4.79 Å². The maximum atomic E-state index is 13.9. The van der Waals surface area contributed by atoms with E-state index in [1.165, 1.54) is 0 Å². The van der Waals surface area contributed by atoms with Gasteiger partial charge in [0.05, 0.1) is 30.8 Å². The van der Waals surface area contributed by atoms with Gasteiger partial charge in [-0.1, -0.05) is 37.3 Å². The molecule has 0 aliphatic carbocycles. The van der Waals surface area contributed by atoms with Gasteiger partial charge >= 0.3 is 13.2 Å². The molecule has 3 aliphatic rings. The van der Waals surface area contributed by atoms with Gasteiger partial charge in [-0.15, -0.1) is 0 Å². The number of benzene rings is 1. The van der Waals surface area contributed by atoms with Crippen molar-refractivity contribution in [3.63, 3.8) is 0 Å². The zero-order valence-corrected chi connectivity index (χ0v) is 23.9. The Kier molecular flexibility index (Phi) is 9.78. The number of ether oxygens (including phenoxy) is 2. The van der Waals surface area contributed by atoms with Gasteiger partial charge in [-0.25, -0.2) is 4.79 Å². The number of rotatable bonds is 11. The Labute approximate surface area is 237 Å². The lowest BCUT2D eigenvalue weighted by Crippen LogP contribution is -2.54. The molecule has 0 spiro atoms. The van der Waals surface area contributed by atoms with Crippen LogP contribution >= 0.6 is 0 Å². The number of nitrogens with zero attached hydrogens (tertiary/aromatic N) is 3. The van der Waals surface area contributed by atoms with Gasteiger partial charge in [0.25, 0.3) is 0 Å². The number of fused-ring (bicyclic) bond motifs is 2. The van der Waals surface area contributed by atoms with E-state index < -0.39 is 30.6 Å². The second kappa shape index (κ2) is 12.9. The summed E-state index contributed by atoms with van der Waals surface area (Å²) < 4.78 is 11.1. The van der Waals surface area contributed by atoms with Crippen LogP contribution in [0.3, 0.4) is 0 Å². The molecule has 2 bridgehead atoms. The number of alkyl carbamates (subject to hydrolysis) is 1. The number of morpholine rings is 1. The molecule has 3 fully saturated rings. The van der Waals surface area contributed by atoms with E-state index in [1.54, 1.807) is 0 Å². The summed E-state index contributed by atoms with van der Waals surface area (Å²) in [5, 5.41) is 32.3. The Morgan fingerprint density at radius 3 is 2.48 bits per heavy atom. The standard InChI is InChI=1S/C29H43BN4O6/c1-21(18-28(2,3)33-13-15-39-16-14-33)24(19-31)26(35)34-23-9-11-29(34,12-10-23)20-40-27(36)32-25(30(37)38)17-22-7-5-4-6-8-22/h4-8,21,23-25,37-38H,9-18,20H2,1-3H3,(H,32,36)/t21?,23?,24?,25-,29?/m0/s1. The van der Waals surface area contributed by atoms with Crippen LogP contribution in [0, 0.1) is 23.2 Å². The minimum Gasteiger partial charge on any atom is -0.447 e. The molecule has 2 amide bonds. The van der Waals surface area contributed by atoms with Crippen molar-refractivity contribution >= 4 is 19.1 Å². The molecule has 1 aromatic carbocycles. The van der Waals surface area contributed by atoms with Crippen molar-refractivity contribution in [3.05, 3.63) is 35.9 Å². The van der Waals surface area contributed by atoms with E-state index in [4.69, 9.17) is 9.47 Å². The van der Waals surface area contributed by atoms with E-state index in [9.17, 15) is 24.9 Å². The molecule has 1 aromatic rings. The van der Waals surface area contributed by atoms with E-state index in [-0.39, 0.29) is 36.4 Å². The molecule has 3 saturated heterocycles. The average Bonchev–Trinajstić information content (AvgIpc) is 3.48. The third kappa shape index (κ3) is 6.80. The highest BCUT2D eigenvalue weighted by Gasteiger charge is 2.56. The number of hydrogen-bond donors (Lipinski definition) is 3. The Hall–Kier alpha value is -2.65. The molecule has 3 atom stereocenters. The quantitative estimate of drug-likeness (QED) is 0.354. The lowest BCUT2D eigenvalue weighted by Gasteiger charge is -2.43. The minimum atomic E-state index is -1.76. The molecule has 0 aromatic heterocycles. The van der Waals surface area contributed by atoms with E-state index in [2.05, 4.69) is 30.1 Å². The molecular weight excluding hydrogens is 511 g/mol. The van der Waals surface area contributed by atoms with Crippen LogP contribution < -0.4 is 5.32 Å². The molecule has 11 heteroatoms. The number of nitriles is 1. The molecule has 3 aliphatic heterocycles. The third-order valence-corrected chi connectivity index (χ3v) is 9.10. The smallest absolute Gasteiger partial charge is 0.447 e. The predicted molar refractivity (Wildman–Crippen MR) is 150 cm³/mol. The van der Waals surface area contributed by atoms with Crippen molar-refractivity contribution in [2.75, 3.05) is 32.9 Å². The lowest BCUT2D eigenvalue weighted by atomic mass is 9.76. The lowest BCUT2D eigenvalue weighted by molar-refractivity contribution is -0.141. The van der Waals surface area contributed by atoms with Crippen molar-refractivity contribution < 1.29 is 29.1 Å². The zero-order valence-electron chi connectivity index (χ0n) is 23.9. The summed E-state index contributed by atoms with van der Waals surface area (Å²) in [6.45, 7) is 9.36. The monoisotopic (exact) mass is 554 g/mol. The van der Waals surface area contributed by atoms with Crippen LogP contribution in [0.1, 0.15) is 58.4 Å². The normalized spacial score (nSPS) is 25.1. The summed E-state index contributed by atoms with van der Waals surface area (Å²) >= 11 is 0. The Morgan fingerprint density at radius 2 is 1.88 bits per heavy atom. The first-order valence-electron chi connectivity index (χ1n) is 14.5. The fourth-order valence-electron chi connectivity index (χ4n) is 6.93. The average molecular weight is 554 g/mol. The van der Waals surface area contributed by atoms with Crippen LogP contribution in [0.15, 0.2) is 30.3 Å². The van der Waals surface area contributed by atoms with Gasteiger partial charge in [0, 0.05) is 24.7 Å². The SMILES string of the molecule is CC(CC(C)(C)N1CCOCC1)C(C#N)C(=O)N1C2CCC1(COC(=O)N[C@@H](Cc1ccccc1)B(O)O)CC2. The van der Waals surface area contributed by atoms with Crippen molar-refractivity contribution in [1.29, 1.82) is 5.26 Å². The van der Waals surface area contributed by atoms with E-state index in [1.807, 2.05) is 42.2 Å². The molecule has 3 N–H and O–H groups in total. The second-order valence-electron chi connectivity index (χ2n) is 12.3. The number of hydrogen-bond acceptors (Lipinski definition) is 8. The van der Waals surface area contributed by atoms with Crippen molar-refractivity contribution in [2.24, 2.45) is 11.8 Å².